The lowest BCUT2D eigenvalue weighted by Gasteiger charge is -2.30. The van der Waals surface area contributed by atoms with Gasteiger partial charge in [-0.25, -0.2) is 0 Å². The van der Waals surface area contributed by atoms with Crippen molar-refractivity contribution in [3.63, 3.8) is 0 Å². The monoisotopic (exact) mass is 225 g/mol. The Bertz CT molecular complexity index is 306. The molecule has 0 radical (unpaired) electrons. The summed E-state index contributed by atoms with van der Waals surface area (Å²) in [6.45, 7) is 4.57. The first-order chi connectivity index (χ1) is 7.58. The number of rotatable bonds is 1. The zero-order chi connectivity index (χ0) is 11.7. The molecule has 2 aliphatic rings. The number of hydrogen-bond acceptors (Lipinski definition) is 3. The molecule has 0 aliphatic carbocycles. The molecule has 2 heterocycles. The number of carbonyl (C=O) groups excluding carboxylic acids is 2. The van der Waals surface area contributed by atoms with Crippen LogP contribution in [0.1, 0.15) is 13.3 Å². The molecule has 5 nitrogen and oxygen atoms in total. The molecule has 2 saturated heterocycles. The molecule has 0 aromatic rings. The first kappa shape index (κ1) is 11.4. The van der Waals surface area contributed by atoms with Gasteiger partial charge in [-0.1, -0.05) is 6.92 Å². The molecule has 5 heteroatoms. The van der Waals surface area contributed by atoms with Crippen molar-refractivity contribution in [2.75, 3.05) is 33.2 Å². The quantitative estimate of drug-likeness (QED) is 0.641. The van der Waals surface area contributed by atoms with Crippen LogP contribution in [0.15, 0.2) is 0 Å². The van der Waals surface area contributed by atoms with Gasteiger partial charge in [0.1, 0.15) is 0 Å². The summed E-state index contributed by atoms with van der Waals surface area (Å²) in [6, 6.07) is -0.0269. The van der Waals surface area contributed by atoms with E-state index in [0.717, 1.165) is 13.0 Å². The third-order valence-electron chi connectivity index (χ3n) is 3.39. The van der Waals surface area contributed by atoms with Crippen molar-refractivity contribution in [3.8, 4) is 0 Å². The minimum Gasteiger partial charge on any atom is -0.353 e. The molecular weight excluding hydrogens is 206 g/mol. The second-order valence-corrected chi connectivity index (χ2v) is 4.91. The van der Waals surface area contributed by atoms with E-state index in [4.69, 9.17) is 0 Å². The summed E-state index contributed by atoms with van der Waals surface area (Å²) in [5, 5.41) is 2.73. The molecule has 0 spiro atoms. The summed E-state index contributed by atoms with van der Waals surface area (Å²) < 4.78 is 0. The van der Waals surface area contributed by atoms with Crippen LogP contribution in [0.25, 0.3) is 0 Å². The van der Waals surface area contributed by atoms with Crippen molar-refractivity contribution in [2.24, 2.45) is 5.92 Å². The second-order valence-electron chi connectivity index (χ2n) is 4.91. The first-order valence-electron chi connectivity index (χ1n) is 5.83. The fourth-order valence-electron chi connectivity index (χ4n) is 2.58. The highest BCUT2D eigenvalue weighted by Gasteiger charge is 2.35. The van der Waals surface area contributed by atoms with Crippen LogP contribution in [0.5, 0.6) is 0 Å². The third kappa shape index (κ3) is 2.19. The molecule has 1 unspecified atom stereocenters. The molecule has 2 amide bonds. The van der Waals surface area contributed by atoms with Crippen molar-refractivity contribution in [2.45, 2.75) is 19.4 Å². The number of nitrogens with one attached hydrogen (secondary N) is 1. The molecule has 90 valence electrons. The van der Waals surface area contributed by atoms with Crippen LogP contribution in [0.2, 0.25) is 0 Å². The molecular formula is C11H19N3O2. The van der Waals surface area contributed by atoms with Crippen molar-refractivity contribution in [1.82, 2.24) is 15.1 Å². The van der Waals surface area contributed by atoms with Crippen LogP contribution in [0.3, 0.4) is 0 Å². The Labute approximate surface area is 95.8 Å². The minimum atomic E-state index is -0.0479. The molecule has 2 rings (SSSR count). The van der Waals surface area contributed by atoms with Crippen LogP contribution in [0, 0.1) is 5.92 Å². The van der Waals surface area contributed by atoms with Crippen LogP contribution in [-0.4, -0.2) is 60.9 Å². The van der Waals surface area contributed by atoms with E-state index in [1.165, 1.54) is 0 Å². The van der Waals surface area contributed by atoms with Gasteiger partial charge in [0.15, 0.2) is 0 Å². The molecule has 0 saturated carbocycles. The Morgan fingerprint density at radius 1 is 1.50 bits per heavy atom. The summed E-state index contributed by atoms with van der Waals surface area (Å²) in [6.07, 6.45) is 0.910. The average Bonchev–Trinajstić information content (AvgIpc) is 2.57. The van der Waals surface area contributed by atoms with Gasteiger partial charge in [-0.15, -0.1) is 0 Å². The highest BCUT2D eigenvalue weighted by molar-refractivity contribution is 5.88. The molecule has 16 heavy (non-hydrogen) atoms. The number of amides is 2. The van der Waals surface area contributed by atoms with Gasteiger partial charge in [0.25, 0.3) is 0 Å². The molecule has 2 atom stereocenters. The largest absolute Gasteiger partial charge is 0.353 e. The predicted octanol–water partition coefficient (Wildman–Crippen LogP) is -0.715. The van der Waals surface area contributed by atoms with E-state index in [2.05, 4.69) is 17.1 Å². The summed E-state index contributed by atoms with van der Waals surface area (Å²) in [7, 11) is 1.98. The van der Waals surface area contributed by atoms with E-state index in [-0.39, 0.29) is 24.4 Å². The maximum absolute atomic E-state index is 12.2. The van der Waals surface area contributed by atoms with Crippen LogP contribution < -0.4 is 5.32 Å². The second kappa shape index (κ2) is 4.41. The van der Waals surface area contributed by atoms with Gasteiger partial charge in [0, 0.05) is 19.6 Å². The molecule has 1 N–H and O–H groups in total. The number of hydrogen-bond donors (Lipinski definition) is 1. The zero-order valence-corrected chi connectivity index (χ0v) is 9.90. The number of likely N-dealkylation sites (N-methyl/N-ethyl adjacent to an activating group) is 1. The lowest BCUT2D eigenvalue weighted by molar-refractivity contribution is -0.141. The van der Waals surface area contributed by atoms with Gasteiger partial charge in [0.2, 0.25) is 11.8 Å². The topological polar surface area (TPSA) is 52.7 Å². The van der Waals surface area contributed by atoms with E-state index >= 15 is 0 Å². The van der Waals surface area contributed by atoms with E-state index in [1.54, 1.807) is 4.90 Å². The maximum atomic E-state index is 12.2. The first-order valence-corrected chi connectivity index (χ1v) is 5.83. The normalized spacial score (nSPS) is 31.6. The Morgan fingerprint density at radius 3 is 2.81 bits per heavy atom. The summed E-state index contributed by atoms with van der Waals surface area (Å²) in [5.41, 5.74) is 0. The minimum absolute atomic E-state index is 0.0269. The Balaban J connectivity index is 1.98. The maximum Gasteiger partial charge on any atom is 0.240 e. The Kier molecular flexibility index (Phi) is 3.14. The Morgan fingerprint density at radius 2 is 2.25 bits per heavy atom. The highest BCUT2D eigenvalue weighted by Crippen LogP contribution is 2.22. The molecule has 0 aromatic heterocycles. The summed E-state index contributed by atoms with van der Waals surface area (Å²) in [4.78, 5) is 27.2. The Hall–Kier alpha value is -1.10. The zero-order valence-electron chi connectivity index (χ0n) is 9.90. The van der Waals surface area contributed by atoms with Gasteiger partial charge in [-0.3, -0.25) is 14.5 Å². The van der Waals surface area contributed by atoms with Crippen LogP contribution in [-0.2, 0) is 9.59 Å². The van der Waals surface area contributed by atoms with E-state index in [0.29, 0.717) is 19.0 Å². The third-order valence-corrected chi connectivity index (χ3v) is 3.39. The predicted molar refractivity (Wildman–Crippen MR) is 59.8 cm³/mol. The molecule has 0 bridgehead atoms. The fourth-order valence-corrected chi connectivity index (χ4v) is 2.58. The van der Waals surface area contributed by atoms with E-state index in [9.17, 15) is 9.59 Å². The van der Waals surface area contributed by atoms with Gasteiger partial charge in [-0.2, -0.15) is 0 Å². The molecule has 2 fully saturated rings. The molecule has 2 aliphatic heterocycles. The average molecular weight is 225 g/mol. The van der Waals surface area contributed by atoms with Crippen molar-refractivity contribution in [1.29, 1.82) is 0 Å². The van der Waals surface area contributed by atoms with Gasteiger partial charge >= 0.3 is 0 Å². The summed E-state index contributed by atoms with van der Waals surface area (Å²) >= 11 is 0. The number of likely N-dealkylation sites (tertiary alicyclic amines) is 1. The highest BCUT2D eigenvalue weighted by atomic mass is 16.2. The van der Waals surface area contributed by atoms with Crippen molar-refractivity contribution in [3.05, 3.63) is 0 Å². The fraction of sp³-hybridized carbons (Fsp3) is 0.818. The van der Waals surface area contributed by atoms with Crippen molar-refractivity contribution >= 4 is 11.8 Å². The van der Waals surface area contributed by atoms with Gasteiger partial charge < -0.3 is 10.2 Å². The SMILES string of the molecule is CC1C[C@@H](C(=O)N2CCNC(=O)C2)N(C)C1. The molecule has 0 aromatic carbocycles. The lowest BCUT2D eigenvalue weighted by Crippen LogP contribution is -2.54. The van der Waals surface area contributed by atoms with Gasteiger partial charge in [-0.05, 0) is 19.4 Å². The van der Waals surface area contributed by atoms with Crippen LogP contribution in [0.4, 0.5) is 0 Å². The van der Waals surface area contributed by atoms with Crippen LogP contribution >= 0.6 is 0 Å². The number of piperazine rings is 1. The summed E-state index contributed by atoms with van der Waals surface area (Å²) in [5.74, 6) is 0.632. The smallest absolute Gasteiger partial charge is 0.240 e. The van der Waals surface area contributed by atoms with E-state index < -0.39 is 0 Å². The lowest BCUT2D eigenvalue weighted by atomic mass is 10.1. The number of carbonyl (C=O) groups is 2. The van der Waals surface area contributed by atoms with Crippen molar-refractivity contribution < 1.29 is 9.59 Å². The standard InChI is InChI=1S/C11H19N3O2/c1-8-5-9(13(2)6-8)11(16)14-4-3-12-10(15)7-14/h8-9H,3-7H2,1-2H3,(H,12,15)/t8?,9-/m0/s1. The number of nitrogens with zero attached hydrogens (tertiary/aromatic N) is 2. The van der Waals surface area contributed by atoms with E-state index in [1.807, 2.05) is 7.05 Å². The van der Waals surface area contributed by atoms with Gasteiger partial charge in [0.05, 0.1) is 12.6 Å².